The average Bonchev–Trinajstić information content (AvgIpc) is 2.91. The van der Waals surface area contributed by atoms with Crippen LogP contribution in [0.4, 0.5) is 0 Å². The quantitative estimate of drug-likeness (QED) is 0.793. The van der Waals surface area contributed by atoms with Crippen molar-refractivity contribution in [3.63, 3.8) is 0 Å². The van der Waals surface area contributed by atoms with Crippen molar-refractivity contribution in [3.05, 3.63) is 42.9 Å². The van der Waals surface area contributed by atoms with Crippen LogP contribution < -0.4 is 9.47 Å². The second kappa shape index (κ2) is 6.44. The van der Waals surface area contributed by atoms with Crippen LogP contribution in [0.3, 0.4) is 0 Å². The molecule has 1 unspecified atom stereocenters. The number of benzene rings is 1. The normalized spacial score (nSPS) is 11.8. The molecule has 1 heterocycles. The lowest BCUT2D eigenvalue weighted by Gasteiger charge is -2.13. The van der Waals surface area contributed by atoms with Gasteiger partial charge >= 0.3 is 5.97 Å². The molecular weight excluding hydrogens is 248 g/mol. The molecule has 2 N–H and O–H groups in total. The Labute approximate surface area is 110 Å². The number of carbonyl (C=O) groups is 1. The molecule has 2 rings (SSSR count). The van der Waals surface area contributed by atoms with Crippen LogP contribution in [0, 0.1) is 0 Å². The van der Waals surface area contributed by atoms with Crippen LogP contribution >= 0.6 is 0 Å². The molecule has 6 heteroatoms. The standard InChI is InChI=1S/C13H14N2O4/c16-13(17)11(19-12-8-14-9-15-12)6-7-18-10-4-2-1-3-5-10/h1-5,8-9,11H,6-7H2,(H,14,15)(H,16,17). The van der Waals surface area contributed by atoms with Crippen molar-refractivity contribution in [2.45, 2.75) is 12.5 Å². The lowest BCUT2D eigenvalue weighted by molar-refractivity contribution is -0.145. The van der Waals surface area contributed by atoms with E-state index in [4.69, 9.17) is 14.6 Å². The van der Waals surface area contributed by atoms with Gasteiger partial charge in [-0.1, -0.05) is 18.2 Å². The van der Waals surface area contributed by atoms with E-state index in [1.165, 1.54) is 12.5 Å². The van der Waals surface area contributed by atoms with Crippen LogP contribution in [-0.4, -0.2) is 33.8 Å². The van der Waals surface area contributed by atoms with Gasteiger partial charge in [-0.05, 0) is 12.1 Å². The molecule has 0 radical (unpaired) electrons. The van der Waals surface area contributed by atoms with Gasteiger partial charge < -0.3 is 19.6 Å². The summed E-state index contributed by atoms with van der Waals surface area (Å²) in [7, 11) is 0. The maximum absolute atomic E-state index is 11.1. The van der Waals surface area contributed by atoms with E-state index in [0.717, 1.165) is 0 Å². The summed E-state index contributed by atoms with van der Waals surface area (Å²) >= 11 is 0. The highest BCUT2D eigenvalue weighted by atomic mass is 16.5. The zero-order chi connectivity index (χ0) is 13.5. The zero-order valence-corrected chi connectivity index (χ0v) is 10.2. The summed E-state index contributed by atoms with van der Waals surface area (Å²) in [6, 6.07) is 9.21. The lowest BCUT2D eigenvalue weighted by atomic mass is 10.2. The minimum atomic E-state index is -1.04. The molecule has 0 saturated carbocycles. The number of ether oxygens (including phenoxy) is 2. The minimum Gasteiger partial charge on any atom is -0.493 e. The Balaban J connectivity index is 1.82. The van der Waals surface area contributed by atoms with Crippen molar-refractivity contribution >= 4 is 5.97 Å². The fourth-order valence-corrected chi connectivity index (χ4v) is 1.49. The SMILES string of the molecule is O=C(O)C(CCOc1ccccc1)Oc1cnc[nH]1. The summed E-state index contributed by atoms with van der Waals surface area (Å²) in [6.07, 6.45) is 2.12. The monoisotopic (exact) mass is 262 g/mol. The van der Waals surface area contributed by atoms with E-state index in [-0.39, 0.29) is 13.0 Å². The molecule has 6 nitrogen and oxygen atoms in total. The average molecular weight is 262 g/mol. The second-order valence-electron chi connectivity index (χ2n) is 3.81. The number of nitrogens with one attached hydrogen (secondary N) is 1. The van der Waals surface area contributed by atoms with E-state index < -0.39 is 12.1 Å². The molecular formula is C13H14N2O4. The number of aliphatic carboxylic acids is 1. The van der Waals surface area contributed by atoms with Gasteiger partial charge in [0.2, 0.25) is 12.0 Å². The third kappa shape index (κ3) is 4.02. The Morgan fingerprint density at radius 3 is 2.79 bits per heavy atom. The Kier molecular flexibility index (Phi) is 4.39. The number of carboxylic acid groups (broad SMARTS) is 1. The Bertz CT molecular complexity index is 499. The molecule has 0 aliphatic carbocycles. The number of hydrogen-bond donors (Lipinski definition) is 2. The minimum absolute atomic E-state index is 0.239. The highest BCUT2D eigenvalue weighted by molar-refractivity contribution is 5.72. The first-order chi connectivity index (χ1) is 9.25. The largest absolute Gasteiger partial charge is 0.493 e. The first-order valence-corrected chi connectivity index (χ1v) is 5.81. The highest BCUT2D eigenvalue weighted by Gasteiger charge is 2.20. The van der Waals surface area contributed by atoms with Crippen molar-refractivity contribution in [3.8, 4) is 11.6 Å². The highest BCUT2D eigenvalue weighted by Crippen LogP contribution is 2.11. The first-order valence-electron chi connectivity index (χ1n) is 5.81. The van der Waals surface area contributed by atoms with Gasteiger partial charge in [0, 0.05) is 6.42 Å². The third-order valence-electron chi connectivity index (χ3n) is 2.41. The number of rotatable bonds is 7. The maximum Gasteiger partial charge on any atom is 0.345 e. The van der Waals surface area contributed by atoms with Crippen LogP contribution in [0.15, 0.2) is 42.9 Å². The maximum atomic E-state index is 11.1. The second-order valence-corrected chi connectivity index (χ2v) is 3.81. The molecule has 19 heavy (non-hydrogen) atoms. The number of aromatic amines is 1. The number of imidazole rings is 1. The smallest absolute Gasteiger partial charge is 0.345 e. The number of aromatic nitrogens is 2. The molecule has 100 valence electrons. The summed E-state index contributed by atoms with van der Waals surface area (Å²) in [6.45, 7) is 0.259. The van der Waals surface area contributed by atoms with E-state index in [2.05, 4.69) is 9.97 Å². The number of hydrogen-bond acceptors (Lipinski definition) is 4. The van der Waals surface area contributed by atoms with Gasteiger partial charge in [0.15, 0.2) is 0 Å². The van der Waals surface area contributed by atoms with Crippen LogP contribution in [0.25, 0.3) is 0 Å². The Morgan fingerprint density at radius 1 is 1.37 bits per heavy atom. The summed E-state index contributed by atoms with van der Waals surface area (Å²) < 4.78 is 10.7. The molecule has 1 aromatic carbocycles. The summed E-state index contributed by atoms with van der Waals surface area (Å²) in [5.74, 6) is -0.00782. The first kappa shape index (κ1) is 12.9. The van der Waals surface area contributed by atoms with Crippen LogP contribution in [-0.2, 0) is 4.79 Å². The number of nitrogens with zero attached hydrogens (tertiary/aromatic N) is 1. The zero-order valence-electron chi connectivity index (χ0n) is 10.2. The molecule has 0 spiro atoms. The van der Waals surface area contributed by atoms with Crippen molar-refractivity contribution in [2.24, 2.45) is 0 Å². The Hall–Kier alpha value is -2.50. The molecule has 1 atom stereocenters. The lowest BCUT2D eigenvalue weighted by Crippen LogP contribution is -2.29. The van der Waals surface area contributed by atoms with E-state index in [1.807, 2.05) is 30.3 Å². The van der Waals surface area contributed by atoms with E-state index in [9.17, 15) is 4.79 Å². The van der Waals surface area contributed by atoms with Crippen LogP contribution in [0.5, 0.6) is 11.6 Å². The van der Waals surface area contributed by atoms with Gasteiger partial charge in [-0.15, -0.1) is 0 Å². The van der Waals surface area contributed by atoms with Crippen LogP contribution in [0.1, 0.15) is 6.42 Å². The van der Waals surface area contributed by atoms with Crippen LogP contribution in [0.2, 0.25) is 0 Å². The van der Waals surface area contributed by atoms with E-state index in [1.54, 1.807) is 0 Å². The topological polar surface area (TPSA) is 84.4 Å². The fourth-order valence-electron chi connectivity index (χ4n) is 1.49. The molecule has 0 fully saturated rings. The van der Waals surface area contributed by atoms with Gasteiger partial charge in [0.05, 0.1) is 19.1 Å². The van der Waals surface area contributed by atoms with Gasteiger partial charge in [0.1, 0.15) is 5.75 Å². The predicted octanol–water partition coefficient (Wildman–Crippen LogP) is 1.71. The summed E-state index contributed by atoms with van der Waals surface area (Å²) in [5, 5.41) is 9.05. The molecule has 0 aliphatic rings. The third-order valence-corrected chi connectivity index (χ3v) is 2.41. The van der Waals surface area contributed by atoms with Gasteiger partial charge in [-0.2, -0.15) is 0 Å². The summed E-state index contributed by atoms with van der Waals surface area (Å²) in [4.78, 5) is 17.5. The molecule has 2 aromatic rings. The van der Waals surface area contributed by atoms with E-state index >= 15 is 0 Å². The Morgan fingerprint density at radius 2 is 2.16 bits per heavy atom. The van der Waals surface area contributed by atoms with Crippen molar-refractivity contribution in [1.82, 2.24) is 9.97 Å². The number of para-hydroxylation sites is 1. The number of carboxylic acids is 1. The molecule has 0 bridgehead atoms. The van der Waals surface area contributed by atoms with E-state index in [0.29, 0.717) is 11.6 Å². The molecule has 0 amide bonds. The molecule has 1 aromatic heterocycles. The summed E-state index contributed by atoms with van der Waals surface area (Å²) in [5.41, 5.74) is 0. The number of H-pyrrole nitrogens is 1. The predicted molar refractivity (Wildman–Crippen MR) is 67.2 cm³/mol. The van der Waals surface area contributed by atoms with Gasteiger partial charge in [-0.25, -0.2) is 9.78 Å². The molecule has 0 aliphatic heterocycles. The van der Waals surface area contributed by atoms with Crippen molar-refractivity contribution in [1.29, 1.82) is 0 Å². The van der Waals surface area contributed by atoms with Gasteiger partial charge in [-0.3, -0.25) is 0 Å². The van der Waals surface area contributed by atoms with Crippen molar-refractivity contribution in [2.75, 3.05) is 6.61 Å². The fraction of sp³-hybridized carbons (Fsp3) is 0.231. The molecule has 0 saturated heterocycles. The van der Waals surface area contributed by atoms with Crippen molar-refractivity contribution < 1.29 is 19.4 Å². The van der Waals surface area contributed by atoms with Gasteiger partial charge in [0.25, 0.3) is 0 Å².